The molecule has 3 unspecified atom stereocenters. The summed E-state index contributed by atoms with van der Waals surface area (Å²) in [5.41, 5.74) is 3.88. The number of ether oxygens (including phenoxy) is 3. The van der Waals surface area contributed by atoms with Crippen LogP contribution >= 0.6 is 6.64 Å². The second-order valence-corrected chi connectivity index (χ2v) is 12.7. The predicted octanol–water partition coefficient (Wildman–Crippen LogP) is 2.65. The van der Waals surface area contributed by atoms with Gasteiger partial charge in [0, 0.05) is 0 Å². The van der Waals surface area contributed by atoms with Crippen molar-refractivity contribution in [1.82, 2.24) is 24.6 Å². The van der Waals surface area contributed by atoms with E-state index in [1.54, 1.807) is 51.1 Å². The molecule has 13 nitrogen and oxygen atoms in total. The predicted molar refractivity (Wildman–Crippen MR) is 147 cm³/mol. The van der Waals surface area contributed by atoms with Gasteiger partial charge in [-0.2, -0.15) is 9.97 Å². The number of nitrogens with one attached hydrogen (secondary N) is 1. The number of nitrogens with two attached hydrogens (primary N) is 1. The minimum absolute atomic E-state index is 0.107. The molecule has 6 atom stereocenters. The Kier molecular flexibility index (Phi) is 8.93. The first-order valence-electron chi connectivity index (χ1n) is 12.4. The minimum atomic E-state index is -3.46. The molecule has 0 amide bonds. The van der Waals surface area contributed by atoms with Gasteiger partial charge in [0.05, 0.1) is 26.1 Å². The van der Waals surface area contributed by atoms with E-state index in [2.05, 4.69) is 20.0 Å². The number of imidazole rings is 1. The summed E-state index contributed by atoms with van der Waals surface area (Å²) < 4.78 is 45.6. The topological polar surface area (TPSA) is 165 Å². The lowest BCUT2D eigenvalue weighted by molar-refractivity contribution is -0.149. The van der Waals surface area contributed by atoms with Crippen molar-refractivity contribution in [3.8, 4) is 11.6 Å². The van der Waals surface area contributed by atoms with E-state index in [0.29, 0.717) is 5.75 Å². The Morgan fingerprint density at radius 1 is 1.32 bits per heavy atom. The lowest BCUT2D eigenvalue weighted by Crippen LogP contribution is -2.41. The third-order valence-electron chi connectivity index (χ3n) is 6.00. The number of nitrogen functional groups attached to an aromatic ring is 1. The van der Waals surface area contributed by atoms with Crippen molar-refractivity contribution in [3.63, 3.8) is 0 Å². The molecule has 1 saturated heterocycles. The third kappa shape index (κ3) is 6.35. The van der Waals surface area contributed by atoms with Gasteiger partial charge in [-0.1, -0.05) is 18.2 Å². The van der Waals surface area contributed by atoms with Gasteiger partial charge in [0.2, 0.25) is 11.8 Å². The summed E-state index contributed by atoms with van der Waals surface area (Å²) >= 11 is 5.69. The summed E-state index contributed by atoms with van der Waals surface area (Å²) in [7, 11) is 1.39. The zero-order valence-corrected chi connectivity index (χ0v) is 24.3. The summed E-state index contributed by atoms with van der Waals surface area (Å²) in [5, 5.41) is 13.8. The quantitative estimate of drug-likeness (QED) is 0.218. The number of methoxy groups -OCH3 is 1. The number of carbonyl (C=O) groups is 1. The molecule has 16 heteroatoms. The van der Waals surface area contributed by atoms with Crippen LogP contribution in [-0.4, -0.2) is 74.3 Å². The minimum Gasteiger partial charge on any atom is -0.479 e. The molecule has 0 radical (unpaired) electrons. The molecule has 218 valence electrons. The third-order valence-corrected chi connectivity index (χ3v) is 8.50. The summed E-state index contributed by atoms with van der Waals surface area (Å²) in [6, 6.07) is 7.74. The van der Waals surface area contributed by atoms with Gasteiger partial charge in [-0.15, -0.1) is 0 Å². The van der Waals surface area contributed by atoms with Crippen LogP contribution in [0.3, 0.4) is 0 Å². The van der Waals surface area contributed by atoms with Gasteiger partial charge in [-0.05, 0) is 51.6 Å². The molecule has 1 aliphatic heterocycles. The Bertz CT molecular complexity index is 1390. The number of hydrogen-bond donors (Lipinski definition) is 3. The number of rotatable bonds is 11. The maximum atomic E-state index is 16.0. The number of aromatic nitrogens is 4. The average molecular weight is 599 g/mol. The van der Waals surface area contributed by atoms with Crippen LogP contribution in [0.5, 0.6) is 11.6 Å². The molecule has 0 bridgehead atoms. The lowest BCUT2D eigenvalue weighted by atomic mass is 9.98. The monoisotopic (exact) mass is 598 g/mol. The highest BCUT2D eigenvalue weighted by Crippen LogP contribution is 2.48. The Morgan fingerprint density at radius 2 is 2.02 bits per heavy atom. The summed E-state index contributed by atoms with van der Waals surface area (Å²) in [5.74, 6) is -0.170. The molecule has 0 saturated carbocycles. The lowest BCUT2D eigenvalue weighted by Gasteiger charge is -2.28. The Labute approximate surface area is 235 Å². The number of halogens is 1. The number of aliphatic hydroxyl groups excluding tert-OH is 1. The maximum absolute atomic E-state index is 16.0. The van der Waals surface area contributed by atoms with Crippen LogP contribution in [0.2, 0.25) is 0 Å². The number of alkyl halides is 1. The fourth-order valence-electron chi connectivity index (χ4n) is 4.08. The number of hydrogen-bond acceptors (Lipinski definition) is 12. The first-order chi connectivity index (χ1) is 18.8. The Hall–Kier alpha value is -2.94. The van der Waals surface area contributed by atoms with E-state index in [1.807, 2.05) is 0 Å². The standard InChI is InChI=1S/C24H32FN6O7PS/c1-13(2)36-21(33)14(3)30-39(40,38-15-9-7-6-8-10-15)35-11-16-18(32)24(4,25)22(37-16)31-12-27-17-19(31)28-23(26)29-20(17)34-5/h6-10,12-14,16,18,22,32H,11H2,1-5H3,(H,30,40)(H2,26,28,29)/t14?,16?,18-,22-,24-,39?/m1/s1. The Balaban J connectivity index is 1.56. The first kappa shape index (κ1) is 30.0. The van der Waals surface area contributed by atoms with Crippen molar-refractivity contribution in [2.45, 2.75) is 63.9 Å². The highest BCUT2D eigenvalue weighted by molar-refractivity contribution is 8.09. The van der Waals surface area contributed by atoms with E-state index in [1.165, 1.54) is 24.9 Å². The molecule has 0 aliphatic carbocycles. The molecule has 3 aromatic rings. The summed E-state index contributed by atoms with van der Waals surface area (Å²) in [6.07, 6.45) is -3.22. The Morgan fingerprint density at radius 3 is 2.67 bits per heavy atom. The second kappa shape index (κ2) is 11.9. The van der Waals surface area contributed by atoms with Crippen molar-refractivity contribution in [1.29, 1.82) is 0 Å². The van der Waals surface area contributed by atoms with E-state index in [4.69, 9.17) is 40.8 Å². The van der Waals surface area contributed by atoms with Crippen LogP contribution in [0, 0.1) is 0 Å². The van der Waals surface area contributed by atoms with E-state index in [9.17, 15) is 9.90 Å². The molecule has 1 aliphatic rings. The van der Waals surface area contributed by atoms with Crippen LogP contribution in [0.25, 0.3) is 11.2 Å². The smallest absolute Gasteiger partial charge is 0.323 e. The number of anilines is 1. The zero-order valence-electron chi connectivity index (χ0n) is 22.6. The zero-order chi connectivity index (χ0) is 29.2. The van der Waals surface area contributed by atoms with Gasteiger partial charge in [0.1, 0.15) is 24.0 Å². The number of para-hydroxylation sites is 1. The molecular formula is C24H32FN6O7PS. The van der Waals surface area contributed by atoms with Gasteiger partial charge < -0.3 is 34.1 Å². The van der Waals surface area contributed by atoms with Gasteiger partial charge in [-0.3, -0.25) is 9.36 Å². The van der Waals surface area contributed by atoms with Crippen LogP contribution in [0.15, 0.2) is 36.7 Å². The molecule has 4 rings (SSSR count). The molecular weight excluding hydrogens is 566 g/mol. The molecule has 1 aromatic carbocycles. The number of carbonyl (C=O) groups excluding carboxylic acids is 1. The van der Waals surface area contributed by atoms with Crippen molar-refractivity contribution in [3.05, 3.63) is 36.7 Å². The molecule has 2 aromatic heterocycles. The highest BCUT2D eigenvalue weighted by atomic mass is 32.5. The number of benzene rings is 1. The molecule has 40 heavy (non-hydrogen) atoms. The first-order valence-corrected chi connectivity index (χ1v) is 15.0. The van der Waals surface area contributed by atoms with Crippen molar-refractivity contribution in [2.24, 2.45) is 0 Å². The van der Waals surface area contributed by atoms with Gasteiger partial charge in [0.25, 0.3) is 0 Å². The summed E-state index contributed by atoms with van der Waals surface area (Å²) in [4.78, 5) is 24.8. The van der Waals surface area contributed by atoms with Crippen LogP contribution in [-0.2, 0) is 30.6 Å². The number of fused-ring (bicyclic) bond motifs is 1. The van der Waals surface area contributed by atoms with E-state index >= 15 is 4.39 Å². The normalized spacial score (nSPS) is 25.1. The van der Waals surface area contributed by atoms with Gasteiger partial charge in [-0.25, -0.2) is 14.5 Å². The van der Waals surface area contributed by atoms with Crippen molar-refractivity contribution < 1.29 is 37.5 Å². The van der Waals surface area contributed by atoms with E-state index in [-0.39, 0.29) is 35.7 Å². The van der Waals surface area contributed by atoms with Crippen LogP contribution < -0.4 is 20.1 Å². The fraction of sp³-hybridized carbons (Fsp3) is 0.500. The fourth-order valence-corrected chi connectivity index (χ4v) is 6.49. The number of esters is 1. The van der Waals surface area contributed by atoms with Crippen LogP contribution in [0.4, 0.5) is 10.3 Å². The highest BCUT2D eigenvalue weighted by Gasteiger charge is 2.56. The summed E-state index contributed by atoms with van der Waals surface area (Å²) in [6.45, 7) is 2.37. The SMILES string of the molecule is COc1nc(N)nc2c1ncn2[C@@H]1OC(COP(=S)(NC(C)C(=O)OC(C)C)Oc2ccccc2)[C@@H](O)[C@@]1(C)F. The number of aliphatic hydroxyl groups is 1. The molecule has 0 spiro atoms. The van der Waals surface area contributed by atoms with E-state index < -0.39 is 42.8 Å². The van der Waals surface area contributed by atoms with Gasteiger partial charge >= 0.3 is 12.6 Å². The van der Waals surface area contributed by atoms with Gasteiger partial charge in [0.15, 0.2) is 23.1 Å². The average Bonchev–Trinajstić information content (AvgIpc) is 3.40. The van der Waals surface area contributed by atoms with E-state index in [0.717, 1.165) is 0 Å². The van der Waals surface area contributed by atoms with Crippen molar-refractivity contribution >= 4 is 41.5 Å². The molecule has 3 heterocycles. The number of nitrogens with zero attached hydrogens (tertiary/aromatic N) is 4. The second-order valence-electron chi connectivity index (χ2n) is 9.57. The molecule has 1 fully saturated rings. The molecule has 4 N–H and O–H groups in total. The van der Waals surface area contributed by atoms with Crippen molar-refractivity contribution in [2.75, 3.05) is 19.5 Å². The maximum Gasteiger partial charge on any atom is 0.323 e. The van der Waals surface area contributed by atoms with Crippen LogP contribution in [0.1, 0.15) is 33.9 Å². The largest absolute Gasteiger partial charge is 0.479 e.